The largest absolute Gasteiger partial charge is 0.487 e. The van der Waals surface area contributed by atoms with Crippen LogP contribution in [0.3, 0.4) is 0 Å². The zero-order chi connectivity index (χ0) is 19.0. The van der Waals surface area contributed by atoms with Crippen LogP contribution in [-0.4, -0.2) is 39.9 Å². The summed E-state index contributed by atoms with van der Waals surface area (Å²) in [5.41, 5.74) is 1.04. The highest BCUT2D eigenvalue weighted by Gasteiger charge is 2.50. The Hall–Kier alpha value is -2.51. The van der Waals surface area contributed by atoms with Crippen LogP contribution in [0.2, 0.25) is 0 Å². The second-order valence-electron chi connectivity index (χ2n) is 7.08. The van der Waals surface area contributed by atoms with E-state index in [4.69, 9.17) is 4.74 Å². The topological polar surface area (TPSA) is 47.4 Å². The molecule has 1 amide bonds. The van der Waals surface area contributed by atoms with Crippen LogP contribution < -0.4 is 4.74 Å². The minimum Gasteiger partial charge on any atom is -0.487 e. The number of halogens is 3. The molecular formula is C19H20F3N3O2. The van der Waals surface area contributed by atoms with Gasteiger partial charge in [-0.15, -0.1) is 0 Å². The molecule has 1 saturated carbocycles. The second-order valence-corrected chi connectivity index (χ2v) is 7.08. The lowest BCUT2D eigenvalue weighted by Gasteiger charge is -2.41. The van der Waals surface area contributed by atoms with Crippen LogP contribution >= 0.6 is 0 Å². The number of nitrogens with zero attached hydrogens (tertiary/aromatic N) is 3. The summed E-state index contributed by atoms with van der Waals surface area (Å²) in [5, 5.41) is 4.38. The molecule has 4 rings (SSSR count). The van der Waals surface area contributed by atoms with Crippen molar-refractivity contribution in [1.29, 1.82) is 0 Å². The van der Waals surface area contributed by atoms with Gasteiger partial charge in [0.25, 0.3) is 5.91 Å². The normalized spacial score (nSPS) is 22.3. The van der Waals surface area contributed by atoms with Gasteiger partial charge in [-0.1, -0.05) is 18.2 Å². The van der Waals surface area contributed by atoms with Crippen molar-refractivity contribution in [2.75, 3.05) is 13.1 Å². The van der Waals surface area contributed by atoms with Crippen molar-refractivity contribution in [1.82, 2.24) is 14.7 Å². The molecule has 0 saturated heterocycles. The zero-order valence-electron chi connectivity index (χ0n) is 14.7. The van der Waals surface area contributed by atoms with E-state index in [-0.39, 0.29) is 25.5 Å². The molecule has 8 heteroatoms. The van der Waals surface area contributed by atoms with Gasteiger partial charge in [0, 0.05) is 13.1 Å². The third kappa shape index (κ3) is 3.65. The molecule has 0 radical (unpaired) electrons. The van der Waals surface area contributed by atoms with Gasteiger partial charge < -0.3 is 9.64 Å². The average Bonchev–Trinajstić information content (AvgIpc) is 3.02. The number of aromatic nitrogens is 2. The number of fused-ring (bicyclic) bond motifs is 1. The fraction of sp³-hybridized carbons (Fsp3) is 0.474. The summed E-state index contributed by atoms with van der Waals surface area (Å²) < 4.78 is 46.1. The Kier molecular flexibility index (Phi) is 4.57. The molecule has 5 nitrogen and oxygen atoms in total. The van der Waals surface area contributed by atoms with E-state index in [2.05, 4.69) is 5.10 Å². The Bertz CT molecular complexity index is 819. The minimum absolute atomic E-state index is 0.157. The summed E-state index contributed by atoms with van der Waals surface area (Å²) in [6.45, 7) is 1.25. The number of carbonyl (C=O) groups excluding carboxylic acids is 1. The Morgan fingerprint density at radius 3 is 2.59 bits per heavy atom. The van der Waals surface area contributed by atoms with Gasteiger partial charge in [0.05, 0.1) is 12.5 Å². The number of rotatable bonds is 5. The van der Waals surface area contributed by atoms with Crippen LogP contribution in [-0.2, 0) is 13.2 Å². The monoisotopic (exact) mass is 379 g/mol. The highest BCUT2D eigenvalue weighted by Crippen LogP contribution is 2.46. The maximum atomic E-state index is 12.9. The van der Waals surface area contributed by atoms with Crippen LogP contribution in [0.15, 0.2) is 36.4 Å². The van der Waals surface area contributed by atoms with Crippen molar-refractivity contribution < 1.29 is 22.7 Å². The van der Waals surface area contributed by atoms with Crippen molar-refractivity contribution >= 4 is 5.91 Å². The fourth-order valence-corrected chi connectivity index (χ4v) is 3.71. The van der Waals surface area contributed by atoms with Crippen LogP contribution in [0.4, 0.5) is 13.2 Å². The summed E-state index contributed by atoms with van der Waals surface area (Å²) >= 11 is 0. The summed E-state index contributed by atoms with van der Waals surface area (Å²) in [5.74, 6) is -1.33. The van der Waals surface area contributed by atoms with E-state index in [1.807, 2.05) is 30.3 Å². The lowest BCUT2D eigenvalue weighted by Crippen LogP contribution is -2.49. The third-order valence-electron chi connectivity index (χ3n) is 5.34. The number of amides is 1. The van der Waals surface area contributed by atoms with Crippen molar-refractivity contribution in [3.63, 3.8) is 0 Å². The van der Waals surface area contributed by atoms with Gasteiger partial charge in [-0.2, -0.15) is 18.3 Å². The molecule has 1 aromatic heterocycles. The van der Waals surface area contributed by atoms with E-state index in [1.54, 1.807) is 10.7 Å². The smallest absolute Gasteiger partial charge is 0.392 e. The maximum absolute atomic E-state index is 12.9. The van der Waals surface area contributed by atoms with Crippen LogP contribution in [0.1, 0.15) is 29.0 Å². The van der Waals surface area contributed by atoms with E-state index >= 15 is 0 Å². The lowest BCUT2D eigenvalue weighted by atomic mass is 9.73. The van der Waals surface area contributed by atoms with Crippen molar-refractivity contribution in [3.05, 3.63) is 47.8 Å². The van der Waals surface area contributed by atoms with Crippen LogP contribution in [0, 0.1) is 11.8 Å². The molecule has 2 atom stereocenters. The summed E-state index contributed by atoms with van der Waals surface area (Å²) in [7, 11) is 0. The molecule has 1 unspecified atom stereocenters. The fourth-order valence-electron chi connectivity index (χ4n) is 3.71. The molecule has 1 aromatic carbocycles. The number of carbonyl (C=O) groups is 1. The Labute approximate surface area is 154 Å². The predicted octanol–water partition coefficient (Wildman–Crippen LogP) is 3.51. The maximum Gasteiger partial charge on any atom is 0.392 e. The zero-order valence-corrected chi connectivity index (χ0v) is 14.7. The van der Waals surface area contributed by atoms with Crippen molar-refractivity contribution in [3.8, 4) is 5.75 Å². The van der Waals surface area contributed by atoms with Gasteiger partial charge in [-0.05, 0) is 37.0 Å². The van der Waals surface area contributed by atoms with Gasteiger partial charge in [0.15, 0.2) is 0 Å². The Morgan fingerprint density at radius 1 is 1.15 bits per heavy atom. The molecule has 1 aliphatic carbocycles. The van der Waals surface area contributed by atoms with E-state index in [0.717, 1.165) is 0 Å². The van der Waals surface area contributed by atoms with Gasteiger partial charge in [0.1, 0.15) is 23.7 Å². The quantitative estimate of drug-likeness (QED) is 0.799. The number of hydrogen-bond acceptors (Lipinski definition) is 3. The molecular weight excluding hydrogens is 359 g/mol. The first-order valence-electron chi connectivity index (χ1n) is 9.02. The van der Waals surface area contributed by atoms with Crippen molar-refractivity contribution in [2.45, 2.75) is 32.2 Å². The van der Waals surface area contributed by atoms with Gasteiger partial charge >= 0.3 is 6.18 Å². The summed E-state index contributed by atoms with van der Waals surface area (Å²) in [6.07, 6.45) is -3.50. The molecule has 1 aliphatic heterocycles. The Balaban J connectivity index is 1.40. The van der Waals surface area contributed by atoms with Crippen LogP contribution in [0.5, 0.6) is 5.75 Å². The van der Waals surface area contributed by atoms with Crippen LogP contribution in [0.25, 0.3) is 0 Å². The van der Waals surface area contributed by atoms with E-state index < -0.39 is 18.0 Å². The average molecular weight is 379 g/mol. The number of benzene rings is 1. The minimum atomic E-state index is -4.18. The first-order valence-corrected chi connectivity index (χ1v) is 9.02. The van der Waals surface area contributed by atoms with Gasteiger partial charge in [-0.25, -0.2) is 0 Å². The van der Waals surface area contributed by atoms with Gasteiger partial charge in [-0.3, -0.25) is 9.48 Å². The molecule has 2 aliphatic rings. The Morgan fingerprint density at radius 2 is 1.93 bits per heavy atom. The molecule has 2 heterocycles. The second kappa shape index (κ2) is 6.90. The predicted molar refractivity (Wildman–Crippen MR) is 91.2 cm³/mol. The summed E-state index contributed by atoms with van der Waals surface area (Å²) in [4.78, 5) is 14.2. The molecule has 0 bridgehead atoms. The van der Waals surface area contributed by atoms with E-state index in [1.165, 1.54) is 4.90 Å². The molecule has 0 N–H and O–H groups in total. The standard InChI is InChI=1S/C19H20F3N3O2/c20-19(21,22)16-7-6-13(16)11-24-8-9-25-17(18(24)26)10-14(23-25)12-27-15-4-2-1-3-5-15/h1-5,10,13,16H,6-9,11-12H2/t13-,16?/m0/s1. The molecule has 27 heavy (non-hydrogen) atoms. The third-order valence-corrected chi connectivity index (χ3v) is 5.34. The molecule has 2 aromatic rings. The molecule has 144 valence electrons. The van der Waals surface area contributed by atoms with E-state index in [9.17, 15) is 18.0 Å². The van der Waals surface area contributed by atoms with Crippen molar-refractivity contribution in [2.24, 2.45) is 11.8 Å². The summed E-state index contributed by atoms with van der Waals surface area (Å²) in [6, 6.07) is 10.9. The van der Waals surface area contributed by atoms with Gasteiger partial charge in [0.2, 0.25) is 0 Å². The first kappa shape index (κ1) is 17.9. The lowest BCUT2D eigenvalue weighted by molar-refractivity contribution is -0.214. The van der Waals surface area contributed by atoms with E-state index in [0.29, 0.717) is 36.6 Å². The number of hydrogen-bond donors (Lipinski definition) is 0. The highest BCUT2D eigenvalue weighted by molar-refractivity contribution is 5.93. The number of alkyl halides is 3. The highest BCUT2D eigenvalue weighted by atomic mass is 19.4. The number of ether oxygens (including phenoxy) is 1. The SMILES string of the molecule is O=C1c2cc(COc3ccccc3)nn2CCN1C[C@@H]1CCC1C(F)(F)F. The molecule has 1 fully saturated rings. The number of para-hydroxylation sites is 1. The first-order chi connectivity index (χ1) is 12.9. The molecule has 0 spiro atoms.